The fraction of sp³-hybridized carbons (Fsp3) is 0.632. The van der Waals surface area contributed by atoms with Crippen LogP contribution in [0.4, 0.5) is 0 Å². The number of hydrogen-bond acceptors (Lipinski definition) is 5. The molecule has 2 rings (SSSR count). The Morgan fingerprint density at radius 3 is 2.61 bits per heavy atom. The second-order valence-corrected chi connectivity index (χ2v) is 10.4. The molecule has 0 radical (unpaired) electrons. The van der Waals surface area contributed by atoms with Gasteiger partial charge >= 0.3 is 0 Å². The molecule has 1 aromatic carbocycles. The second kappa shape index (κ2) is 10.3. The number of methoxy groups -OCH3 is 1. The smallest absolute Gasteiger partial charge is 0.241 e. The van der Waals surface area contributed by atoms with Crippen LogP contribution in [-0.2, 0) is 19.6 Å². The molecule has 1 fully saturated rings. The van der Waals surface area contributed by atoms with Crippen molar-refractivity contribution < 1.29 is 17.9 Å². The number of carbonyl (C=O) groups is 1. The average Bonchev–Trinajstić information content (AvgIpc) is 2.87. The molecular formula is C19H29ClN2O4S2. The highest BCUT2D eigenvalue weighted by Gasteiger charge is 2.33. The van der Waals surface area contributed by atoms with Gasteiger partial charge < -0.3 is 9.64 Å². The normalized spacial score (nSPS) is 21.9. The number of ether oxygens (including phenoxy) is 1. The molecule has 0 aliphatic carbocycles. The topological polar surface area (TPSA) is 75.7 Å². The van der Waals surface area contributed by atoms with E-state index in [1.807, 2.05) is 6.26 Å². The van der Waals surface area contributed by atoms with Crippen molar-refractivity contribution in [1.82, 2.24) is 9.62 Å². The Bertz CT molecular complexity index is 758. The van der Waals surface area contributed by atoms with Gasteiger partial charge in [0, 0.05) is 25.2 Å². The molecule has 0 aromatic heterocycles. The molecule has 1 saturated heterocycles. The van der Waals surface area contributed by atoms with Crippen LogP contribution in [0.3, 0.4) is 0 Å². The molecular weight excluding hydrogens is 420 g/mol. The van der Waals surface area contributed by atoms with E-state index in [9.17, 15) is 13.2 Å². The molecule has 1 aliphatic rings. The highest BCUT2D eigenvalue weighted by molar-refractivity contribution is 7.98. The minimum atomic E-state index is -3.82. The molecule has 1 heterocycles. The molecule has 0 bridgehead atoms. The van der Waals surface area contributed by atoms with Gasteiger partial charge in [0.05, 0.1) is 10.5 Å². The lowest BCUT2D eigenvalue weighted by atomic mass is 9.97. The Hall–Kier alpha value is -0.800. The molecule has 1 amide bonds. The summed E-state index contributed by atoms with van der Waals surface area (Å²) in [6.07, 6.45) is 4.80. The monoisotopic (exact) mass is 448 g/mol. The predicted octanol–water partition coefficient (Wildman–Crippen LogP) is 3.16. The van der Waals surface area contributed by atoms with E-state index >= 15 is 0 Å². The maximum atomic E-state index is 13.1. The third-order valence-corrected chi connectivity index (χ3v) is 7.56. The largest absolute Gasteiger partial charge is 0.378 e. The van der Waals surface area contributed by atoms with E-state index in [1.54, 1.807) is 23.8 Å². The van der Waals surface area contributed by atoms with Crippen molar-refractivity contribution in [2.24, 2.45) is 0 Å². The van der Waals surface area contributed by atoms with Gasteiger partial charge in [0.2, 0.25) is 15.9 Å². The molecule has 1 N–H and O–H groups in total. The summed E-state index contributed by atoms with van der Waals surface area (Å²) in [6.45, 7) is 3.22. The van der Waals surface area contributed by atoms with Crippen LogP contribution in [0, 0.1) is 0 Å². The number of likely N-dealkylation sites (tertiary alicyclic amines) is 1. The second-order valence-electron chi connectivity index (χ2n) is 7.24. The number of carbonyl (C=O) groups excluding carboxylic acids is 1. The Labute approximate surface area is 177 Å². The van der Waals surface area contributed by atoms with Crippen molar-refractivity contribution in [3.63, 3.8) is 0 Å². The third kappa shape index (κ3) is 6.35. The first-order valence-electron chi connectivity index (χ1n) is 9.31. The van der Waals surface area contributed by atoms with Gasteiger partial charge in [0.25, 0.3) is 0 Å². The van der Waals surface area contributed by atoms with E-state index in [0.29, 0.717) is 30.3 Å². The summed E-state index contributed by atoms with van der Waals surface area (Å²) in [6, 6.07) is 5.14. The van der Waals surface area contributed by atoms with Gasteiger partial charge in [-0.2, -0.15) is 16.5 Å². The number of sulfonamides is 1. The molecule has 0 saturated carbocycles. The molecule has 0 spiro atoms. The van der Waals surface area contributed by atoms with Gasteiger partial charge in [-0.1, -0.05) is 11.6 Å². The van der Waals surface area contributed by atoms with Crippen molar-refractivity contribution in [2.75, 3.05) is 32.2 Å². The lowest BCUT2D eigenvalue weighted by Crippen LogP contribution is -2.49. The minimum Gasteiger partial charge on any atom is -0.378 e. The molecule has 158 valence electrons. The summed E-state index contributed by atoms with van der Waals surface area (Å²) in [5.41, 5.74) is -0.243. The molecule has 1 aromatic rings. The summed E-state index contributed by atoms with van der Waals surface area (Å²) in [4.78, 5) is 15.0. The number of halogens is 1. The average molecular weight is 449 g/mol. The van der Waals surface area contributed by atoms with Crippen molar-refractivity contribution in [1.29, 1.82) is 0 Å². The summed E-state index contributed by atoms with van der Waals surface area (Å²) in [5.74, 6) is 0.510. The van der Waals surface area contributed by atoms with Crippen LogP contribution in [0.1, 0.15) is 32.6 Å². The van der Waals surface area contributed by atoms with Crippen molar-refractivity contribution >= 4 is 39.3 Å². The first kappa shape index (κ1) is 23.5. The minimum absolute atomic E-state index is 0.0988. The third-order valence-electron chi connectivity index (χ3n) is 5.18. The first-order valence-corrected chi connectivity index (χ1v) is 12.6. The Balaban J connectivity index is 2.15. The number of nitrogens with zero attached hydrogens (tertiary/aromatic N) is 1. The van der Waals surface area contributed by atoms with Crippen molar-refractivity contribution in [2.45, 2.75) is 49.1 Å². The molecule has 1 aliphatic heterocycles. The standard InChI is InChI=1S/C19H29ClN2O4S2/c1-19(26-2)10-4-12-22(13-11-19)18(23)17(9-14-27-3)21-28(24,25)16-7-5-15(20)6-8-16/h5-8,17,21H,4,9-14H2,1-3H3/t17-,19+/m0/s1. The molecule has 9 heteroatoms. The molecule has 2 atom stereocenters. The van der Waals surface area contributed by atoms with Gasteiger partial charge in [-0.15, -0.1) is 0 Å². The quantitative estimate of drug-likeness (QED) is 0.661. The number of amides is 1. The van der Waals surface area contributed by atoms with Crippen LogP contribution in [0.25, 0.3) is 0 Å². The molecule has 6 nitrogen and oxygen atoms in total. The molecule has 28 heavy (non-hydrogen) atoms. The van der Waals surface area contributed by atoms with Crippen molar-refractivity contribution in [3.8, 4) is 0 Å². The number of nitrogens with one attached hydrogen (secondary N) is 1. The van der Waals surface area contributed by atoms with Crippen LogP contribution < -0.4 is 4.72 Å². The van der Waals surface area contributed by atoms with Crippen LogP contribution in [0.15, 0.2) is 29.2 Å². The van der Waals surface area contributed by atoms with Gasteiger partial charge in [-0.25, -0.2) is 8.42 Å². The number of hydrogen-bond donors (Lipinski definition) is 1. The summed E-state index contributed by atoms with van der Waals surface area (Å²) < 4.78 is 33.7. The Morgan fingerprint density at radius 2 is 2.00 bits per heavy atom. The lowest BCUT2D eigenvalue weighted by molar-refractivity contribution is -0.133. The van der Waals surface area contributed by atoms with Crippen molar-refractivity contribution in [3.05, 3.63) is 29.3 Å². The number of benzene rings is 1. The van der Waals surface area contributed by atoms with Gasteiger partial charge in [0.15, 0.2) is 0 Å². The van der Waals surface area contributed by atoms with Gasteiger partial charge in [0.1, 0.15) is 6.04 Å². The maximum Gasteiger partial charge on any atom is 0.241 e. The zero-order chi connectivity index (χ0) is 20.8. The SMILES string of the molecule is CO[C@]1(C)CCCN(C(=O)[C@H](CCSC)NS(=O)(=O)c2ccc(Cl)cc2)CC1. The summed E-state index contributed by atoms with van der Waals surface area (Å²) in [5, 5.41) is 0.458. The van der Waals surface area contributed by atoms with E-state index < -0.39 is 16.1 Å². The zero-order valence-corrected chi connectivity index (χ0v) is 19.0. The van der Waals surface area contributed by atoms with Gasteiger partial charge in [-0.05, 0) is 68.9 Å². The first-order chi connectivity index (χ1) is 13.2. The summed E-state index contributed by atoms with van der Waals surface area (Å²) in [7, 11) is -2.12. The van der Waals surface area contributed by atoms with E-state index in [1.165, 1.54) is 24.3 Å². The molecule has 0 unspecified atom stereocenters. The van der Waals surface area contributed by atoms with E-state index in [2.05, 4.69) is 11.6 Å². The highest BCUT2D eigenvalue weighted by atomic mass is 35.5. The van der Waals surface area contributed by atoms with E-state index in [0.717, 1.165) is 19.3 Å². The predicted molar refractivity (Wildman–Crippen MR) is 114 cm³/mol. The van der Waals surface area contributed by atoms with E-state index in [4.69, 9.17) is 16.3 Å². The van der Waals surface area contributed by atoms with Gasteiger partial charge in [-0.3, -0.25) is 4.79 Å². The fourth-order valence-electron chi connectivity index (χ4n) is 3.23. The highest BCUT2D eigenvalue weighted by Crippen LogP contribution is 2.26. The number of thioether (sulfide) groups is 1. The Kier molecular flexibility index (Phi) is 8.63. The van der Waals surface area contributed by atoms with Crippen LogP contribution in [0.2, 0.25) is 5.02 Å². The fourth-order valence-corrected chi connectivity index (χ4v) is 5.06. The lowest BCUT2D eigenvalue weighted by Gasteiger charge is -2.28. The summed E-state index contributed by atoms with van der Waals surface area (Å²) >= 11 is 7.43. The Morgan fingerprint density at radius 1 is 1.32 bits per heavy atom. The van der Waals surface area contributed by atoms with Crippen LogP contribution in [0.5, 0.6) is 0 Å². The van der Waals surface area contributed by atoms with Crippen LogP contribution >= 0.6 is 23.4 Å². The van der Waals surface area contributed by atoms with Crippen LogP contribution in [-0.4, -0.2) is 63.1 Å². The maximum absolute atomic E-state index is 13.1. The van der Waals surface area contributed by atoms with E-state index in [-0.39, 0.29) is 16.4 Å². The zero-order valence-electron chi connectivity index (χ0n) is 16.6. The number of rotatable bonds is 8.